The smallest absolute Gasteiger partial charge is 0.313 e. The number of pyridine rings is 2. The molecule has 2 amide bonds. The zero-order chi connectivity index (χ0) is 31.7. The van der Waals surface area contributed by atoms with E-state index in [1.807, 2.05) is 52.1 Å². The van der Waals surface area contributed by atoms with Crippen molar-refractivity contribution in [2.24, 2.45) is 12.5 Å². The zero-order valence-corrected chi connectivity index (χ0v) is 29.2. The van der Waals surface area contributed by atoms with E-state index in [0.717, 1.165) is 86.4 Å². The minimum Gasteiger partial charge on any atom is -0.365 e. The number of aromatic nitrogens is 3. The molecule has 0 atom stereocenters. The summed E-state index contributed by atoms with van der Waals surface area (Å²) in [6, 6.07) is 6.20. The third-order valence-electron chi connectivity index (χ3n) is 10.0. The summed E-state index contributed by atoms with van der Waals surface area (Å²) in [6.07, 6.45) is 9.99. The van der Waals surface area contributed by atoms with Gasteiger partial charge in [0.1, 0.15) is 24.5 Å². The maximum Gasteiger partial charge on any atom is 0.313 e. The molecule has 1 spiro atoms. The van der Waals surface area contributed by atoms with E-state index in [0.29, 0.717) is 25.2 Å². The summed E-state index contributed by atoms with van der Waals surface area (Å²) in [6.45, 7) is 7.97. The Balaban J connectivity index is 0.984. The van der Waals surface area contributed by atoms with E-state index in [-0.39, 0.29) is 29.4 Å². The van der Waals surface area contributed by atoms with E-state index in [2.05, 4.69) is 38.2 Å². The first-order valence-corrected chi connectivity index (χ1v) is 18.9. The SMILES string of the molecule is CC1=[N+](CCOCC(=O)N2CCC3(CC2)CCN(c2ccc(-c4cn(C)c(=O)c5c4ccn5SI)cn2)CC3)CCN(C)C1=O. The number of aryl methyl sites for hydroxylation is 1. The lowest BCUT2D eigenvalue weighted by Gasteiger charge is -2.47. The molecule has 13 heteroatoms. The average Bonchev–Trinajstić information content (AvgIpc) is 3.50. The number of likely N-dealkylation sites (tertiary alicyclic amines) is 1. The van der Waals surface area contributed by atoms with Crippen LogP contribution in [0.2, 0.25) is 0 Å². The van der Waals surface area contributed by atoms with Crippen LogP contribution in [-0.4, -0.2) is 111 Å². The molecule has 45 heavy (non-hydrogen) atoms. The summed E-state index contributed by atoms with van der Waals surface area (Å²) in [7, 11) is 5.10. The Morgan fingerprint density at radius 2 is 1.80 bits per heavy atom. The first kappa shape index (κ1) is 32.0. The highest BCUT2D eigenvalue weighted by atomic mass is 127. The largest absolute Gasteiger partial charge is 0.365 e. The highest BCUT2D eigenvalue weighted by Gasteiger charge is 2.39. The van der Waals surface area contributed by atoms with Gasteiger partial charge in [-0.2, -0.15) is 0 Å². The predicted molar refractivity (Wildman–Crippen MR) is 186 cm³/mol. The van der Waals surface area contributed by atoms with Crippen molar-refractivity contribution in [1.29, 1.82) is 0 Å². The van der Waals surface area contributed by atoms with Gasteiger partial charge in [-0.1, -0.05) is 0 Å². The monoisotopic (exact) mass is 746 g/mol. The number of likely N-dealkylation sites (N-methyl/N-ethyl adjacent to an activating group) is 1. The maximum absolute atomic E-state index is 12.9. The van der Waals surface area contributed by atoms with Crippen LogP contribution in [0, 0.1) is 5.41 Å². The summed E-state index contributed by atoms with van der Waals surface area (Å²) in [5.41, 5.74) is 3.69. The first-order valence-electron chi connectivity index (χ1n) is 15.6. The van der Waals surface area contributed by atoms with Crippen molar-refractivity contribution < 1.29 is 18.9 Å². The molecule has 0 radical (unpaired) electrons. The number of amides is 2. The van der Waals surface area contributed by atoms with Crippen LogP contribution in [0.3, 0.4) is 0 Å². The predicted octanol–water partition coefficient (Wildman–Crippen LogP) is 3.42. The van der Waals surface area contributed by atoms with Gasteiger partial charge in [-0.05, 0) is 49.3 Å². The minimum atomic E-state index is -0.0106. The van der Waals surface area contributed by atoms with Crippen molar-refractivity contribution in [3.63, 3.8) is 0 Å². The molecule has 0 saturated carbocycles. The number of ether oxygens (including phenoxy) is 1. The van der Waals surface area contributed by atoms with Crippen molar-refractivity contribution >= 4 is 64.6 Å². The summed E-state index contributed by atoms with van der Waals surface area (Å²) >= 11 is 2.19. The van der Waals surface area contributed by atoms with E-state index in [4.69, 9.17) is 9.72 Å². The van der Waals surface area contributed by atoms with Gasteiger partial charge < -0.3 is 24.0 Å². The number of piperidine rings is 2. The van der Waals surface area contributed by atoms with Crippen LogP contribution in [-0.2, 0) is 21.4 Å². The van der Waals surface area contributed by atoms with Crippen LogP contribution in [0.5, 0.6) is 0 Å². The Labute approximate surface area is 279 Å². The van der Waals surface area contributed by atoms with Gasteiger partial charge in [-0.15, -0.1) is 0 Å². The molecule has 2 fully saturated rings. The molecule has 3 aromatic rings. The second kappa shape index (κ2) is 13.4. The van der Waals surface area contributed by atoms with Crippen molar-refractivity contribution in [2.75, 3.05) is 71.0 Å². The lowest BCUT2D eigenvalue weighted by Crippen LogP contribution is -2.49. The quantitative estimate of drug-likeness (QED) is 0.198. The molecule has 3 aliphatic heterocycles. The molecular formula is C32H41IN7O4S+. The number of carbonyl (C=O) groups excluding carboxylic acids is 2. The number of halogens is 1. The van der Waals surface area contributed by atoms with Crippen LogP contribution >= 0.6 is 30.3 Å². The second-order valence-electron chi connectivity index (χ2n) is 12.6. The van der Waals surface area contributed by atoms with Crippen molar-refractivity contribution in [1.82, 2.24) is 23.3 Å². The van der Waals surface area contributed by atoms with Crippen LogP contribution in [0.15, 0.2) is 41.6 Å². The van der Waals surface area contributed by atoms with Gasteiger partial charge in [0.05, 0.1) is 6.54 Å². The second-order valence-corrected chi connectivity index (χ2v) is 14.3. The van der Waals surface area contributed by atoms with Crippen LogP contribution in [0.4, 0.5) is 5.82 Å². The molecule has 0 N–H and O–H groups in total. The molecule has 0 aliphatic carbocycles. The van der Waals surface area contributed by atoms with E-state index in [9.17, 15) is 14.4 Å². The van der Waals surface area contributed by atoms with Crippen LogP contribution in [0.25, 0.3) is 22.0 Å². The lowest BCUT2D eigenvalue weighted by atomic mass is 9.71. The van der Waals surface area contributed by atoms with Gasteiger partial charge in [-0.3, -0.25) is 18.4 Å². The lowest BCUT2D eigenvalue weighted by molar-refractivity contribution is -0.533. The number of hydrogen-bond acceptors (Lipinski definition) is 7. The van der Waals surface area contributed by atoms with Crippen molar-refractivity contribution in [2.45, 2.75) is 32.6 Å². The molecule has 0 unspecified atom stereocenters. The van der Waals surface area contributed by atoms with E-state index < -0.39 is 0 Å². The fourth-order valence-corrected chi connectivity index (χ4v) is 8.28. The Morgan fingerprint density at radius 1 is 1.07 bits per heavy atom. The van der Waals surface area contributed by atoms with Gasteiger partial charge in [0, 0.05) is 113 Å². The fraction of sp³-hybridized carbons (Fsp3) is 0.531. The Bertz CT molecular complexity index is 1670. The zero-order valence-electron chi connectivity index (χ0n) is 26.2. The number of nitrogens with zero attached hydrogens (tertiary/aromatic N) is 7. The van der Waals surface area contributed by atoms with E-state index in [1.54, 1.807) is 16.5 Å². The molecule has 0 aromatic carbocycles. The van der Waals surface area contributed by atoms with Crippen LogP contribution in [0.1, 0.15) is 32.6 Å². The number of fused-ring (bicyclic) bond motifs is 1. The van der Waals surface area contributed by atoms with E-state index >= 15 is 0 Å². The first-order chi connectivity index (χ1) is 21.7. The topological polar surface area (TPSA) is 95.9 Å². The van der Waals surface area contributed by atoms with Gasteiger partial charge in [0.2, 0.25) is 11.6 Å². The van der Waals surface area contributed by atoms with Gasteiger partial charge in [0.25, 0.3) is 5.56 Å². The normalized spacial score (nSPS) is 18.8. The summed E-state index contributed by atoms with van der Waals surface area (Å²) in [4.78, 5) is 48.7. The average molecular weight is 747 g/mol. The Kier molecular flexibility index (Phi) is 9.57. The summed E-state index contributed by atoms with van der Waals surface area (Å²) in [5.74, 6) is 1.09. The van der Waals surface area contributed by atoms with Crippen LogP contribution < -0.4 is 10.5 Å². The highest BCUT2D eigenvalue weighted by molar-refractivity contribution is 14.2. The maximum atomic E-state index is 12.9. The van der Waals surface area contributed by atoms with Gasteiger partial charge in [0.15, 0.2) is 13.1 Å². The standard InChI is InChI=1S/C32H41IN7O4S/c1-23-30(42)35(2)16-17-37(23)18-19-44-22-28(41)39-14-9-32(10-15-39)7-12-38(13-8-32)27-5-4-24(20-34-27)26-21-36(3)31(43)29-25(26)6-11-40(29)45-33/h4-6,11,20-21H,7-10,12-19,22H2,1-3H3/q+1. The van der Waals surface area contributed by atoms with E-state index in [1.165, 1.54) is 9.12 Å². The molecule has 240 valence electrons. The summed E-state index contributed by atoms with van der Waals surface area (Å²) < 4.78 is 11.3. The third kappa shape index (κ3) is 6.53. The molecule has 0 bridgehead atoms. The molecule has 2 saturated heterocycles. The summed E-state index contributed by atoms with van der Waals surface area (Å²) in [5, 5.41) is 0.935. The van der Waals surface area contributed by atoms with Crippen molar-refractivity contribution in [3.05, 3.63) is 47.1 Å². The van der Waals surface area contributed by atoms with Crippen molar-refractivity contribution in [3.8, 4) is 11.1 Å². The number of carbonyl (C=O) groups is 2. The molecule has 6 rings (SSSR count). The number of rotatable bonds is 8. The van der Waals surface area contributed by atoms with Gasteiger partial charge in [-0.25, -0.2) is 9.56 Å². The molecular weight excluding hydrogens is 705 g/mol. The molecule has 3 aromatic heterocycles. The van der Waals surface area contributed by atoms with Gasteiger partial charge >= 0.3 is 5.91 Å². The fourth-order valence-electron chi connectivity index (χ4n) is 6.95. The minimum absolute atomic E-state index is 0.0106. The number of hydrogen-bond donors (Lipinski definition) is 0. The third-order valence-corrected chi connectivity index (χ3v) is 11.7. The number of anilines is 1. The Morgan fingerprint density at radius 3 is 2.49 bits per heavy atom. The highest BCUT2D eigenvalue weighted by Crippen LogP contribution is 2.42. The molecule has 11 nitrogen and oxygen atoms in total. The molecule has 3 aliphatic rings. The Hall–Kier alpha value is -2.91. The molecule has 6 heterocycles.